The van der Waals surface area contributed by atoms with Crippen LogP contribution in [0.5, 0.6) is 0 Å². The summed E-state index contributed by atoms with van der Waals surface area (Å²) in [5, 5.41) is 6.64. The molecule has 2 aromatic heterocycles. The van der Waals surface area contributed by atoms with Crippen LogP contribution in [0.4, 0.5) is 17.1 Å². The maximum Gasteiger partial charge on any atom is 0.143 e. The van der Waals surface area contributed by atoms with Crippen molar-refractivity contribution < 1.29 is 8.83 Å². The zero-order valence-electron chi connectivity index (χ0n) is 29.8. The summed E-state index contributed by atoms with van der Waals surface area (Å²) in [5.74, 6) is 0. The Hall–Kier alpha value is -7.36. The Labute approximate surface area is 317 Å². The summed E-state index contributed by atoms with van der Waals surface area (Å²) >= 11 is 0. The molecule has 55 heavy (non-hydrogen) atoms. The molecule has 0 spiro atoms. The molecule has 0 radical (unpaired) electrons. The quantitative estimate of drug-likeness (QED) is 0.173. The van der Waals surface area contributed by atoms with Crippen LogP contribution in [0, 0.1) is 0 Å². The molecule has 0 N–H and O–H groups in total. The SMILES string of the molecule is c1ccc(-c2ccc(N(c3cccc(-c4cccc5c4oc4ccccc45)c3)c3cccc4oc5c6ccccc6ccc5c34)c(-c3ccccc3)c2)cc1. The molecular weight excluding hydrogens is 671 g/mol. The summed E-state index contributed by atoms with van der Waals surface area (Å²) in [6.07, 6.45) is 0. The molecule has 2 heterocycles. The molecule has 11 rings (SSSR count). The number of para-hydroxylation sites is 2. The summed E-state index contributed by atoms with van der Waals surface area (Å²) in [7, 11) is 0. The van der Waals surface area contributed by atoms with E-state index in [1.54, 1.807) is 0 Å². The van der Waals surface area contributed by atoms with E-state index < -0.39 is 0 Å². The third-order valence-corrected chi connectivity index (χ3v) is 10.9. The Morgan fingerprint density at radius 1 is 0.327 bits per heavy atom. The fourth-order valence-corrected chi connectivity index (χ4v) is 8.31. The van der Waals surface area contributed by atoms with E-state index in [9.17, 15) is 0 Å². The number of furan rings is 2. The highest BCUT2D eigenvalue weighted by Crippen LogP contribution is 2.48. The molecule has 0 fully saturated rings. The third-order valence-electron chi connectivity index (χ3n) is 10.9. The van der Waals surface area contributed by atoms with Crippen LogP contribution in [-0.2, 0) is 0 Å². The normalized spacial score (nSPS) is 11.6. The van der Waals surface area contributed by atoms with Gasteiger partial charge in [-0.15, -0.1) is 0 Å². The minimum atomic E-state index is 0.846. The van der Waals surface area contributed by atoms with Crippen LogP contribution in [0.3, 0.4) is 0 Å². The average Bonchev–Trinajstić information content (AvgIpc) is 3.84. The van der Waals surface area contributed by atoms with Gasteiger partial charge in [0.15, 0.2) is 0 Å². The number of benzene rings is 9. The van der Waals surface area contributed by atoms with Crippen LogP contribution >= 0.6 is 0 Å². The van der Waals surface area contributed by atoms with E-state index in [1.807, 2.05) is 12.1 Å². The molecule has 0 atom stereocenters. The second-order valence-electron chi connectivity index (χ2n) is 14.0. The third kappa shape index (κ3) is 5.13. The van der Waals surface area contributed by atoms with Gasteiger partial charge in [-0.25, -0.2) is 0 Å². The molecule has 258 valence electrons. The van der Waals surface area contributed by atoms with Gasteiger partial charge in [-0.05, 0) is 76.2 Å². The van der Waals surface area contributed by atoms with Gasteiger partial charge < -0.3 is 13.7 Å². The summed E-state index contributed by atoms with van der Waals surface area (Å²) in [6, 6.07) is 71.0. The second kappa shape index (κ2) is 12.6. The van der Waals surface area contributed by atoms with Crippen molar-refractivity contribution in [2.75, 3.05) is 4.90 Å². The molecule has 3 nitrogen and oxygen atoms in total. The second-order valence-corrected chi connectivity index (χ2v) is 14.0. The maximum atomic E-state index is 6.75. The molecule has 0 aliphatic carbocycles. The number of hydrogen-bond donors (Lipinski definition) is 0. The predicted octanol–water partition coefficient (Wildman–Crippen LogP) is 15.1. The van der Waals surface area contributed by atoms with Crippen molar-refractivity contribution in [2.45, 2.75) is 0 Å². The molecular formula is C52H33NO2. The minimum Gasteiger partial charge on any atom is -0.455 e. The number of rotatable bonds is 6. The Kier molecular flexibility index (Phi) is 7.17. The Balaban J connectivity index is 1.20. The topological polar surface area (TPSA) is 29.5 Å². The first-order valence-corrected chi connectivity index (χ1v) is 18.7. The molecule has 0 aliphatic heterocycles. The molecule has 3 heteroatoms. The van der Waals surface area contributed by atoms with Crippen molar-refractivity contribution in [3.63, 3.8) is 0 Å². The molecule has 0 bridgehead atoms. The van der Waals surface area contributed by atoms with E-state index in [0.29, 0.717) is 0 Å². The first-order chi connectivity index (χ1) is 27.3. The fraction of sp³-hybridized carbons (Fsp3) is 0. The van der Waals surface area contributed by atoms with Crippen molar-refractivity contribution >= 4 is 71.7 Å². The highest BCUT2D eigenvalue weighted by molar-refractivity contribution is 6.20. The van der Waals surface area contributed by atoms with E-state index in [4.69, 9.17) is 8.83 Å². The zero-order chi connectivity index (χ0) is 36.3. The summed E-state index contributed by atoms with van der Waals surface area (Å²) in [4.78, 5) is 2.41. The maximum absolute atomic E-state index is 6.75. The largest absolute Gasteiger partial charge is 0.455 e. The first kappa shape index (κ1) is 31.2. The van der Waals surface area contributed by atoms with Gasteiger partial charge in [-0.3, -0.25) is 0 Å². The molecule has 0 saturated carbocycles. The highest BCUT2D eigenvalue weighted by atomic mass is 16.3. The number of anilines is 3. The molecule has 0 unspecified atom stereocenters. The van der Waals surface area contributed by atoms with Crippen molar-refractivity contribution in [1.29, 1.82) is 0 Å². The van der Waals surface area contributed by atoms with E-state index in [0.717, 1.165) is 99.5 Å². The highest BCUT2D eigenvalue weighted by Gasteiger charge is 2.24. The van der Waals surface area contributed by atoms with Crippen LogP contribution in [0.25, 0.3) is 88.0 Å². The van der Waals surface area contributed by atoms with E-state index in [-0.39, 0.29) is 0 Å². The lowest BCUT2D eigenvalue weighted by Gasteiger charge is -2.29. The Morgan fingerprint density at radius 3 is 1.87 bits per heavy atom. The van der Waals surface area contributed by atoms with Gasteiger partial charge in [0.05, 0.1) is 16.8 Å². The lowest BCUT2D eigenvalue weighted by molar-refractivity contribution is 0.670. The van der Waals surface area contributed by atoms with E-state index >= 15 is 0 Å². The van der Waals surface area contributed by atoms with Crippen molar-refractivity contribution in [3.8, 4) is 33.4 Å². The van der Waals surface area contributed by atoms with Gasteiger partial charge in [-0.1, -0.05) is 152 Å². The number of fused-ring (bicyclic) bond motifs is 8. The molecule has 0 aliphatic rings. The minimum absolute atomic E-state index is 0.846. The van der Waals surface area contributed by atoms with Crippen molar-refractivity contribution in [1.82, 2.24) is 0 Å². The molecule has 9 aromatic carbocycles. The van der Waals surface area contributed by atoms with Gasteiger partial charge in [0, 0.05) is 38.4 Å². The molecule has 0 amide bonds. The summed E-state index contributed by atoms with van der Waals surface area (Å²) in [5.41, 5.74) is 13.4. The monoisotopic (exact) mass is 703 g/mol. The van der Waals surface area contributed by atoms with Gasteiger partial charge >= 0.3 is 0 Å². The zero-order valence-corrected chi connectivity index (χ0v) is 29.8. The van der Waals surface area contributed by atoms with Crippen molar-refractivity contribution in [2.24, 2.45) is 0 Å². The molecule has 0 saturated heterocycles. The van der Waals surface area contributed by atoms with Crippen LogP contribution in [0.1, 0.15) is 0 Å². The summed E-state index contributed by atoms with van der Waals surface area (Å²) in [6.45, 7) is 0. The van der Waals surface area contributed by atoms with Gasteiger partial charge in [0.2, 0.25) is 0 Å². The standard InChI is InChI=1S/C52H33NO2/c1-3-14-34(15-4-1)37-29-31-46(45(33-37)35-16-5-2-6-17-35)53(47-25-13-27-49-50(47)44-30-28-36-18-7-8-21-40(36)52(44)55-49)39-20-11-19-38(32-39)41-23-12-24-43-42-22-9-10-26-48(42)54-51(41)43/h1-33H. The lowest BCUT2D eigenvalue weighted by Crippen LogP contribution is -2.12. The van der Waals surface area contributed by atoms with E-state index in [2.05, 4.69) is 193 Å². The van der Waals surface area contributed by atoms with Crippen molar-refractivity contribution in [3.05, 3.63) is 200 Å². The van der Waals surface area contributed by atoms with Crippen LogP contribution in [-0.4, -0.2) is 0 Å². The Morgan fingerprint density at radius 2 is 1.00 bits per heavy atom. The smallest absolute Gasteiger partial charge is 0.143 e. The Bertz CT molecular complexity index is 3210. The van der Waals surface area contributed by atoms with Crippen LogP contribution in [0.15, 0.2) is 209 Å². The molecule has 11 aromatic rings. The van der Waals surface area contributed by atoms with Crippen LogP contribution < -0.4 is 4.90 Å². The number of nitrogens with zero attached hydrogens (tertiary/aromatic N) is 1. The van der Waals surface area contributed by atoms with Crippen LogP contribution in [0.2, 0.25) is 0 Å². The predicted molar refractivity (Wildman–Crippen MR) is 229 cm³/mol. The first-order valence-electron chi connectivity index (χ1n) is 18.7. The average molecular weight is 704 g/mol. The van der Waals surface area contributed by atoms with E-state index in [1.165, 1.54) is 5.56 Å². The lowest BCUT2D eigenvalue weighted by atomic mass is 9.95. The fourth-order valence-electron chi connectivity index (χ4n) is 8.31. The van der Waals surface area contributed by atoms with Gasteiger partial charge in [0.25, 0.3) is 0 Å². The number of hydrogen-bond acceptors (Lipinski definition) is 3. The van der Waals surface area contributed by atoms with Gasteiger partial charge in [-0.2, -0.15) is 0 Å². The summed E-state index contributed by atoms with van der Waals surface area (Å²) < 4.78 is 13.3. The van der Waals surface area contributed by atoms with Gasteiger partial charge in [0.1, 0.15) is 22.3 Å².